The first-order valence-electron chi connectivity index (χ1n) is 5.65. The van der Waals surface area contributed by atoms with Crippen LogP contribution in [0.2, 0.25) is 0 Å². The van der Waals surface area contributed by atoms with Crippen molar-refractivity contribution in [1.29, 1.82) is 0 Å². The third-order valence-electron chi connectivity index (χ3n) is 3.01. The Balaban J connectivity index is 1.75. The molecule has 0 saturated heterocycles. The third kappa shape index (κ3) is 2.15. The van der Waals surface area contributed by atoms with E-state index in [0.717, 1.165) is 17.0 Å². The average Bonchev–Trinajstić information content (AvgIpc) is 3.00. The number of fused-ring (bicyclic) bond motifs is 1. The molecule has 1 heterocycles. The Morgan fingerprint density at radius 2 is 2.19 bits per heavy atom. The van der Waals surface area contributed by atoms with Crippen LogP contribution < -0.4 is 0 Å². The highest BCUT2D eigenvalue weighted by Gasteiger charge is 2.21. The second-order valence-electron chi connectivity index (χ2n) is 4.43. The minimum Gasteiger partial charge on any atom is -0.360 e. The quantitative estimate of drug-likeness (QED) is 0.831. The van der Waals surface area contributed by atoms with Crippen molar-refractivity contribution in [3.05, 3.63) is 34.9 Å². The zero-order valence-corrected chi connectivity index (χ0v) is 10.6. The SMILES string of the molecule is Brc1ccc2c(ccn2COCC2CC2)c1. The molecule has 1 aromatic heterocycles. The summed E-state index contributed by atoms with van der Waals surface area (Å²) in [6, 6.07) is 8.45. The van der Waals surface area contributed by atoms with Crippen LogP contribution in [0, 0.1) is 5.92 Å². The van der Waals surface area contributed by atoms with Crippen LogP contribution >= 0.6 is 15.9 Å². The number of halogens is 1. The number of benzene rings is 1. The average molecular weight is 280 g/mol. The van der Waals surface area contributed by atoms with E-state index in [1.54, 1.807) is 0 Å². The molecule has 0 aliphatic heterocycles. The van der Waals surface area contributed by atoms with Gasteiger partial charge in [0.2, 0.25) is 0 Å². The molecule has 1 fully saturated rings. The summed E-state index contributed by atoms with van der Waals surface area (Å²) < 4.78 is 8.97. The van der Waals surface area contributed by atoms with Crippen molar-refractivity contribution in [2.24, 2.45) is 5.92 Å². The number of hydrogen-bond acceptors (Lipinski definition) is 1. The van der Waals surface area contributed by atoms with Crippen molar-refractivity contribution in [2.75, 3.05) is 6.61 Å². The summed E-state index contributed by atoms with van der Waals surface area (Å²) in [6.45, 7) is 1.58. The van der Waals surface area contributed by atoms with Crippen LogP contribution in [-0.2, 0) is 11.5 Å². The molecular weight excluding hydrogens is 266 g/mol. The highest BCUT2D eigenvalue weighted by atomic mass is 79.9. The lowest BCUT2D eigenvalue weighted by atomic mass is 10.2. The molecule has 84 valence electrons. The van der Waals surface area contributed by atoms with Crippen LogP contribution in [0.1, 0.15) is 12.8 Å². The van der Waals surface area contributed by atoms with Gasteiger partial charge in [-0.3, -0.25) is 0 Å². The molecule has 0 atom stereocenters. The minimum atomic E-state index is 0.668. The van der Waals surface area contributed by atoms with Crippen molar-refractivity contribution >= 4 is 26.8 Å². The Hall–Kier alpha value is -0.800. The van der Waals surface area contributed by atoms with Crippen molar-refractivity contribution in [3.8, 4) is 0 Å². The summed E-state index contributed by atoms with van der Waals surface area (Å²) in [6.07, 6.45) is 4.78. The van der Waals surface area contributed by atoms with E-state index in [1.165, 1.54) is 23.7 Å². The van der Waals surface area contributed by atoms with Crippen LogP contribution in [-0.4, -0.2) is 11.2 Å². The van der Waals surface area contributed by atoms with E-state index < -0.39 is 0 Å². The van der Waals surface area contributed by atoms with E-state index in [-0.39, 0.29) is 0 Å². The van der Waals surface area contributed by atoms with Gasteiger partial charge in [0.15, 0.2) is 0 Å². The van der Waals surface area contributed by atoms with E-state index in [9.17, 15) is 0 Å². The molecule has 0 amide bonds. The van der Waals surface area contributed by atoms with Gasteiger partial charge < -0.3 is 9.30 Å². The van der Waals surface area contributed by atoms with Gasteiger partial charge in [0.05, 0.1) is 12.1 Å². The molecule has 0 bridgehead atoms. The second kappa shape index (κ2) is 4.22. The van der Waals surface area contributed by atoms with Crippen LogP contribution in [0.15, 0.2) is 34.9 Å². The number of aromatic nitrogens is 1. The Kier molecular flexibility index (Phi) is 2.74. The van der Waals surface area contributed by atoms with Gasteiger partial charge in [-0.25, -0.2) is 0 Å². The minimum absolute atomic E-state index is 0.668. The number of hydrogen-bond donors (Lipinski definition) is 0. The molecule has 3 heteroatoms. The lowest BCUT2D eigenvalue weighted by molar-refractivity contribution is 0.0718. The topological polar surface area (TPSA) is 14.2 Å². The molecule has 2 aromatic rings. The Morgan fingerprint density at radius 1 is 1.31 bits per heavy atom. The molecule has 0 spiro atoms. The van der Waals surface area contributed by atoms with Crippen molar-refractivity contribution in [3.63, 3.8) is 0 Å². The van der Waals surface area contributed by atoms with Gasteiger partial charge in [0.25, 0.3) is 0 Å². The number of rotatable bonds is 4. The lowest BCUT2D eigenvalue weighted by Gasteiger charge is -2.06. The Bertz CT molecular complexity index is 502. The number of ether oxygens (including phenoxy) is 1. The molecule has 0 radical (unpaired) electrons. The first-order chi connectivity index (χ1) is 7.83. The summed E-state index contributed by atoms with van der Waals surface area (Å²) in [4.78, 5) is 0. The highest BCUT2D eigenvalue weighted by molar-refractivity contribution is 9.10. The van der Waals surface area contributed by atoms with Crippen molar-refractivity contribution < 1.29 is 4.74 Å². The smallest absolute Gasteiger partial charge is 0.122 e. The Morgan fingerprint density at radius 3 is 3.00 bits per heavy atom. The van der Waals surface area contributed by atoms with Gasteiger partial charge in [-0.2, -0.15) is 0 Å². The van der Waals surface area contributed by atoms with Crippen LogP contribution in [0.5, 0.6) is 0 Å². The molecule has 2 nitrogen and oxygen atoms in total. The normalized spacial score (nSPS) is 15.8. The fourth-order valence-electron chi connectivity index (χ4n) is 1.89. The molecule has 0 N–H and O–H groups in total. The van der Waals surface area contributed by atoms with E-state index >= 15 is 0 Å². The monoisotopic (exact) mass is 279 g/mol. The summed E-state index contributed by atoms with van der Waals surface area (Å²) in [7, 11) is 0. The maximum absolute atomic E-state index is 5.69. The van der Waals surface area contributed by atoms with E-state index in [0.29, 0.717) is 6.73 Å². The van der Waals surface area contributed by atoms with Crippen molar-refractivity contribution in [1.82, 2.24) is 4.57 Å². The predicted octanol–water partition coefficient (Wildman–Crippen LogP) is 3.79. The molecule has 16 heavy (non-hydrogen) atoms. The van der Waals surface area contributed by atoms with E-state index in [1.807, 2.05) is 0 Å². The standard InChI is InChI=1S/C13H14BrNO/c14-12-3-4-13-11(7-12)5-6-15(13)9-16-8-10-1-2-10/h3-7,10H,1-2,8-9H2. The molecule has 1 aliphatic rings. The summed E-state index contributed by atoms with van der Waals surface area (Å²) in [5.74, 6) is 0.830. The van der Waals surface area contributed by atoms with Gasteiger partial charge in [0, 0.05) is 16.1 Å². The summed E-state index contributed by atoms with van der Waals surface area (Å²) in [5.41, 5.74) is 1.24. The van der Waals surface area contributed by atoms with Crippen LogP contribution in [0.25, 0.3) is 10.9 Å². The van der Waals surface area contributed by atoms with Crippen LogP contribution in [0.4, 0.5) is 0 Å². The first kappa shape index (κ1) is 10.4. The van der Waals surface area contributed by atoms with Crippen molar-refractivity contribution in [2.45, 2.75) is 19.6 Å². The largest absolute Gasteiger partial charge is 0.360 e. The third-order valence-corrected chi connectivity index (χ3v) is 3.51. The Labute approximate surface area is 103 Å². The van der Waals surface area contributed by atoms with Gasteiger partial charge in [-0.15, -0.1) is 0 Å². The summed E-state index contributed by atoms with van der Waals surface area (Å²) in [5, 5.41) is 1.25. The van der Waals surface area contributed by atoms with Gasteiger partial charge in [-0.1, -0.05) is 15.9 Å². The molecule has 3 rings (SSSR count). The van der Waals surface area contributed by atoms with E-state index in [2.05, 4.69) is 51.0 Å². The lowest BCUT2D eigenvalue weighted by Crippen LogP contribution is -2.03. The molecule has 1 saturated carbocycles. The highest BCUT2D eigenvalue weighted by Crippen LogP contribution is 2.29. The molecular formula is C13H14BrNO. The predicted molar refractivity (Wildman–Crippen MR) is 68.3 cm³/mol. The van der Waals surface area contributed by atoms with Crippen LogP contribution in [0.3, 0.4) is 0 Å². The molecule has 1 aromatic carbocycles. The fourth-order valence-corrected chi connectivity index (χ4v) is 2.26. The zero-order valence-electron chi connectivity index (χ0n) is 9.03. The van der Waals surface area contributed by atoms with Gasteiger partial charge in [-0.05, 0) is 43.0 Å². The van der Waals surface area contributed by atoms with E-state index in [4.69, 9.17) is 4.74 Å². The van der Waals surface area contributed by atoms with Gasteiger partial charge in [0.1, 0.15) is 6.73 Å². The summed E-state index contributed by atoms with van der Waals surface area (Å²) >= 11 is 3.48. The second-order valence-corrected chi connectivity index (χ2v) is 5.35. The zero-order chi connectivity index (χ0) is 11.0. The van der Waals surface area contributed by atoms with Gasteiger partial charge >= 0.3 is 0 Å². The molecule has 0 unspecified atom stereocenters. The fraction of sp³-hybridized carbons (Fsp3) is 0.385. The number of nitrogens with zero attached hydrogens (tertiary/aromatic N) is 1. The molecule has 1 aliphatic carbocycles. The first-order valence-corrected chi connectivity index (χ1v) is 6.44. The maximum atomic E-state index is 5.69. The maximum Gasteiger partial charge on any atom is 0.122 e.